The van der Waals surface area contributed by atoms with E-state index in [0.29, 0.717) is 0 Å². The first-order chi connectivity index (χ1) is 8.52. The summed E-state index contributed by atoms with van der Waals surface area (Å²) in [7, 11) is 3.37. The third-order valence-electron chi connectivity index (χ3n) is 2.91. The number of rotatable bonds is 7. The molecule has 0 spiro atoms. The predicted octanol–water partition coefficient (Wildman–Crippen LogP) is 2.94. The molecule has 0 aliphatic heterocycles. The molecule has 1 aromatic rings. The molecule has 0 bridgehead atoms. The molecule has 0 fully saturated rings. The van der Waals surface area contributed by atoms with Crippen LogP contribution in [-0.2, 0) is 6.54 Å². The molecule has 0 saturated carbocycles. The zero-order chi connectivity index (χ0) is 13.6. The Balaban J connectivity index is 2.65. The van der Waals surface area contributed by atoms with Gasteiger partial charge < -0.3 is 14.8 Å². The Morgan fingerprint density at radius 1 is 1.22 bits per heavy atom. The molecular formula is C14H23NO2S. The van der Waals surface area contributed by atoms with Gasteiger partial charge in [-0.15, -0.1) is 0 Å². The monoisotopic (exact) mass is 269 g/mol. The van der Waals surface area contributed by atoms with Gasteiger partial charge in [-0.3, -0.25) is 0 Å². The maximum absolute atomic E-state index is 5.35. The van der Waals surface area contributed by atoms with Crippen molar-refractivity contribution in [3.05, 3.63) is 23.8 Å². The minimum absolute atomic E-state index is 0.242. The molecule has 0 atom stereocenters. The zero-order valence-corrected chi connectivity index (χ0v) is 12.7. The Kier molecular flexibility index (Phi) is 5.82. The van der Waals surface area contributed by atoms with E-state index in [2.05, 4.69) is 25.4 Å². The first-order valence-electron chi connectivity index (χ1n) is 5.99. The van der Waals surface area contributed by atoms with Crippen molar-refractivity contribution < 1.29 is 9.47 Å². The molecule has 1 rings (SSSR count). The first-order valence-corrected chi connectivity index (χ1v) is 7.21. The van der Waals surface area contributed by atoms with Gasteiger partial charge in [0.1, 0.15) is 11.5 Å². The summed E-state index contributed by atoms with van der Waals surface area (Å²) < 4.78 is 10.8. The summed E-state index contributed by atoms with van der Waals surface area (Å²) >= 11 is 1.86. The van der Waals surface area contributed by atoms with E-state index in [1.165, 1.54) is 0 Å². The molecule has 1 N–H and O–H groups in total. The van der Waals surface area contributed by atoms with Crippen LogP contribution in [0.25, 0.3) is 0 Å². The van der Waals surface area contributed by atoms with E-state index in [4.69, 9.17) is 9.47 Å². The highest BCUT2D eigenvalue weighted by atomic mass is 32.2. The van der Waals surface area contributed by atoms with Gasteiger partial charge in [-0.2, -0.15) is 11.8 Å². The lowest BCUT2D eigenvalue weighted by atomic mass is 10.1. The molecule has 0 radical (unpaired) electrons. The van der Waals surface area contributed by atoms with Gasteiger partial charge in [-0.25, -0.2) is 0 Å². The second-order valence-corrected chi connectivity index (χ2v) is 6.26. The fourth-order valence-electron chi connectivity index (χ4n) is 1.59. The Morgan fingerprint density at radius 3 is 2.50 bits per heavy atom. The Bertz CT molecular complexity index is 380. The normalized spacial score (nSPS) is 11.4. The van der Waals surface area contributed by atoms with E-state index in [1.54, 1.807) is 14.2 Å². The van der Waals surface area contributed by atoms with E-state index in [-0.39, 0.29) is 4.75 Å². The summed E-state index contributed by atoms with van der Waals surface area (Å²) in [4.78, 5) is 0. The van der Waals surface area contributed by atoms with Crippen LogP contribution in [-0.4, -0.2) is 31.8 Å². The predicted molar refractivity (Wildman–Crippen MR) is 78.8 cm³/mol. The largest absolute Gasteiger partial charge is 0.497 e. The van der Waals surface area contributed by atoms with Gasteiger partial charge in [-0.05, 0) is 38.3 Å². The van der Waals surface area contributed by atoms with E-state index >= 15 is 0 Å². The van der Waals surface area contributed by atoms with Gasteiger partial charge in [-0.1, -0.05) is 0 Å². The zero-order valence-electron chi connectivity index (χ0n) is 11.9. The second-order valence-electron chi connectivity index (χ2n) is 4.75. The second kappa shape index (κ2) is 6.90. The van der Waals surface area contributed by atoms with Crippen LogP contribution in [0.2, 0.25) is 0 Å². The number of thioether (sulfide) groups is 1. The molecule has 4 heteroatoms. The molecule has 0 aliphatic carbocycles. The molecule has 102 valence electrons. The molecule has 0 unspecified atom stereocenters. The van der Waals surface area contributed by atoms with Crippen LogP contribution in [0.1, 0.15) is 19.4 Å². The third kappa shape index (κ3) is 4.42. The smallest absolute Gasteiger partial charge is 0.123 e. The van der Waals surface area contributed by atoms with Crippen molar-refractivity contribution >= 4 is 11.8 Å². The van der Waals surface area contributed by atoms with Crippen LogP contribution in [0.5, 0.6) is 11.5 Å². The topological polar surface area (TPSA) is 30.5 Å². The maximum atomic E-state index is 5.35. The summed E-state index contributed by atoms with van der Waals surface area (Å²) in [6.45, 7) is 6.19. The maximum Gasteiger partial charge on any atom is 0.123 e. The quantitative estimate of drug-likeness (QED) is 0.824. The molecule has 0 aromatic heterocycles. The SMILES string of the molecule is COc1ccc(OC)c(CNCC(C)(C)SC)c1. The summed E-state index contributed by atoms with van der Waals surface area (Å²) in [6, 6.07) is 5.86. The summed E-state index contributed by atoms with van der Waals surface area (Å²) in [5, 5.41) is 3.46. The third-order valence-corrected chi connectivity index (χ3v) is 4.16. The number of hydrogen-bond donors (Lipinski definition) is 1. The lowest BCUT2D eigenvalue weighted by Gasteiger charge is -2.22. The molecule has 18 heavy (non-hydrogen) atoms. The minimum Gasteiger partial charge on any atom is -0.497 e. The van der Waals surface area contributed by atoms with E-state index in [1.807, 2.05) is 30.0 Å². The Labute approximate surface area is 114 Å². The molecular weight excluding hydrogens is 246 g/mol. The number of benzene rings is 1. The van der Waals surface area contributed by atoms with Gasteiger partial charge in [0.05, 0.1) is 14.2 Å². The highest BCUT2D eigenvalue weighted by Gasteiger charge is 2.15. The number of hydrogen-bond acceptors (Lipinski definition) is 4. The Morgan fingerprint density at radius 2 is 1.94 bits per heavy atom. The van der Waals surface area contributed by atoms with Crippen molar-refractivity contribution in [3.8, 4) is 11.5 Å². The van der Waals surface area contributed by atoms with Crippen molar-refractivity contribution in [2.45, 2.75) is 25.1 Å². The number of ether oxygens (including phenoxy) is 2. The van der Waals surface area contributed by atoms with Crippen LogP contribution in [0.4, 0.5) is 0 Å². The highest BCUT2D eigenvalue weighted by molar-refractivity contribution is 7.99. The minimum atomic E-state index is 0.242. The van der Waals surface area contributed by atoms with Gasteiger partial charge >= 0.3 is 0 Å². The average Bonchev–Trinajstić information content (AvgIpc) is 2.38. The van der Waals surface area contributed by atoms with Crippen molar-refractivity contribution in [2.75, 3.05) is 27.0 Å². The standard InChI is InChI=1S/C14H23NO2S/c1-14(2,18-5)10-15-9-11-8-12(16-3)6-7-13(11)17-4/h6-8,15H,9-10H2,1-5H3. The molecule has 1 aromatic carbocycles. The van der Waals surface area contributed by atoms with E-state index in [9.17, 15) is 0 Å². The van der Waals surface area contributed by atoms with Crippen LogP contribution >= 0.6 is 11.8 Å². The van der Waals surface area contributed by atoms with Crippen molar-refractivity contribution in [1.82, 2.24) is 5.32 Å². The van der Waals surface area contributed by atoms with Crippen LogP contribution in [0.3, 0.4) is 0 Å². The summed E-state index contributed by atoms with van der Waals surface area (Å²) in [5.41, 5.74) is 1.12. The van der Waals surface area contributed by atoms with Gasteiger partial charge in [0, 0.05) is 23.4 Å². The highest BCUT2D eigenvalue weighted by Crippen LogP contribution is 2.24. The molecule has 3 nitrogen and oxygen atoms in total. The first kappa shape index (κ1) is 15.2. The van der Waals surface area contributed by atoms with Crippen molar-refractivity contribution in [1.29, 1.82) is 0 Å². The van der Waals surface area contributed by atoms with Crippen LogP contribution < -0.4 is 14.8 Å². The Hall–Kier alpha value is -0.870. The molecule has 0 heterocycles. The van der Waals surface area contributed by atoms with Crippen LogP contribution in [0, 0.1) is 0 Å². The van der Waals surface area contributed by atoms with Gasteiger partial charge in [0.15, 0.2) is 0 Å². The fourth-order valence-corrected chi connectivity index (χ4v) is 1.84. The summed E-state index contributed by atoms with van der Waals surface area (Å²) in [6.07, 6.45) is 2.13. The average molecular weight is 269 g/mol. The summed E-state index contributed by atoms with van der Waals surface area (Å²) in [5.74, 6) is 1.75. The fraction of sp³-hybridized carbons (Fsp3) is 0.571. The molecule has 0 saturated heterocycles. The number of methoxy groups -OCH3 is 2. The van der Waals surface area contributed by atoms with E-state index < -0.39 is 0 Å². The van der Waals surface area contributed by atoms with Gasteiger partial charge in [0.2, 0.25) is 0 Å². The van der Waals surface area contributed by atoms with Gasteiger partial charge in [0.25, 0.3) is 0 Å². The lowest BCUT2D eigenvalue weighted by molar-refractivity contribution is 0.396. The van der Waals surface area contributed by atoms with Crippen molar-refractivity contribution in [2.24, 2.45) is 0 Å². The van der Waals surface area contributed by atoms with Crippen molar-refractivity contribution in [3.63, 3.8) is 0 Å². The molecule has 0 aliphatic rings. The lowest BCUT2D eigenvalue weighted by Crippen LogP contribution is -2.31. The number of nitrogens with one attached hydrogen (secondary N) is 1. The van der Waals surface area contributed by atoms with E-state index in [0.717, 1.165) is 30.2 Å². The van der Waals surface area contributed by atoms with Crippen LogP contribution in [0.15, 0.2) is 18.2 Å². The molecule has 0 amide bonds.